The third-order valence-corrected chi connectivity index (χ3v) is 9.79. The number of rotatable bonds is 11. The summed E-state index contributed by atoms with van der Waals surface area (Å²) in [5, 5.41) is 10.5. The summed E-state index contributed by atoms with van der Waals surface area (Å²) in [5.41, 5.74) is 2.49. The second kappa shape index (κ2) is 14.2. The van der Waals surface area contributed by atoms with E-state index >= 15 is 0 Å². The molecule has 5 aromatic rings. The summed E-state index contributed by atoms with van der Waals surface area (Å²) in [6.45, 7) is 9.69. The van der Waals surface area contributed by atoms with Crippen LogP contribution in [0.3, 0.4) is 0 Å². The predicted octanol–water partition coefficient (Wildman–Crippen LogP) is 7.16. The van der Waals surface area contributed by atoms with Gasteiger partial charge >= 0.3 is 12.1 Å². The van der Waals surface area contributed by atoms with Crippen LogP contribution >= 0.6 is 11.8 Å². The Morgan fingerprint density at radius 1 is 0.878 bits per heavy atom. The molecule has 0 radical (unpaired) electrons. The van der Waals surface area contributed by atoms with Gasteiger partial charge in [-0.25, -0.2) is 4.79 Å². The molecule has 0 unspecified atom stereocenters. The monoisotopic (exact) mass is 692 g/mol. The van der Waals surface area contributed by atoms with E-state index in [2.05, 4.69) is 28.0 Å². The average molecular weight is 693 g/mol. The van der Waals surface area contributed by atoms with Gasteiger partial charge in [0.1, 0.15) is 17.0 Å². The summed E-state index contributed by atoms with van der Waals surface area (Å²) in [6.07, 6.45) is -2.52. The topological polar surface area (TPSA) is 77.7 Å². The van der Waals surface area contributed by atoms with Crippen molar-refractivity contribution < 1.29 is 27.4 Å². The van der Waals surface area contributed by atoms with E-state index in [4.69, 9.17) is 19.7 Å². The highest BCUT2D eigenvalue weighted by molar-refractivity contribution is 7.98. The molecule has 1 aliphatic heterocycles. The minimum absolute atomic E-state index is 0.295. The third kappa shape index (κ3) is 7.57. The van der Waals surface area contributed by atoms with Crippen LogP contribution in [0.4, 0.5) is 18.9 Å². The number of ether oxygens (including phenoxy) is 2. The van der Waals surface area contributed by atoms with Gasteiger partial charge < -0.3 is 18.9 Å². The first-order chi connectivity index (χ1) is 23.5. The normalized spacial score (nSPS) is 14.4. The molecular formula is C36H39F3N6O3S. The van der Waals surface area contributed by atoms with Crippen molar-refractivity contribution in [2.24, 2.45) is 0 Å². The zero-order valence-corrected chi connectivity index (χ0v) is 28.7. The molecule has 1 fully saturated rings. The van der Waals surface area contributed by atoms with Crippen LogP contribution in [0, 0.1) is 0 Å². The van der Waals surface area contributed by atoms with Crippen LogP contribution in [-0.4, -0.2) is 70.3 Å². The molecule has 1 aliphatic rings. The molecule has 2 aromatic heterocycles. The lowest BCUT2D eigenvalue weighted by atomic mass is 10.1. The van der Waals surface area contributed by atoms with E-state index in [1.165, 1.54) is 16.9 Å². The van der Waals surface area contributed by atoms with Crippen LogP contribution in [0.1, 0.15) is 37.7 Å². The van der Waals surface area contributed by atoms with E-state index in [1.54, 1.807) is 25.8 Å². The number of aromatic nitrogens is 4. The minimum Gasteiger partial charge on any atom is -0.497 e. The maximum absolute atomic E-state index is 13.2. The number of hydrogen-bond donors (Lipinski definition) is 0. The molecule has 0 amide bonds. The zero-order valence-electron chi connectivity index (χ0n) is 27.9. The van der Waals surface area contributed by atoms with Gasteiger partial charge in [-0.1, -0.05) is 0 Å². The maximum atomic E-state index is 13.2. The Hall–Kier alpha value is -4.49. The first kappa shape index (κ1) is 34.4. The number of carbonyl (C=O) groups excluding carboxylic acids is 1. The van der Waals surface area contributed by atoms with E-state index < -0.39 is 17.3 Å². The lowest BCUT2D eigenvalue weighted by molar-refractivity contribution is -0.152. The van der Waals surface area contributed by atoms with Crippen LogP contribution in [0.2, 0.25) is 0 Å². The van der Waals surface area contributed by atoms with Gasteiger partial charge in [0.15, 0.2) is 0 Å². The van der Waals surface area contributed by atoms with Crippen molar-refractivity contribution in [3.63, 3.8) is 0 Å². The second-order valence-corrected chi connectivity index (χ2v) is 13.4. The van der Waals surface area contributed by atoms with Gasteiger partial charge in [-0.05, 0) is 93.6 Å². The molecule has 0 N–H and O–H groups in total. The Kier molecular flexibility index (Phi) is 9.94. The first-order valence-electron chi connectivity index (χ1n) is 16.1. The van der Waals surface area contributed by atoms with Gasteiger partial charge in [0, 0.05) is 66.2 Å². The first-order valence-corrected chi connectivity index (χ1v) is 17.1. The molecule has 0 saturated carbocycles. The smallest absolute Gasteiger partial charge is 0.416 e. The Bertz CT molecular complexity index is 1900. The van der Waals surface area contributed by atoms with Crippen molar-refractivity contribution in [3.05, 3.63) is 95.9 Å². The quantitative estimate of drug-likeness (QED) is 0.107. The number of alkyl halides is 3. The fourth-order valence-corrected chi connectivity index (χ4v) is 6.83. The summed E-state index contributed by atoms with van der Waals surface area (Å²) in [4.78, 5) is 19.8. The van der Waals surface area contributed by atoms with Gasteiger partial charge in [-0.15, -0.1) is 11.8 Å². The molecule has 9 nitrogen and oxygen atoms in total. The van der Waals surface area contributed by atoms with Crippen LogP contribution in [-0.2, 0) is 33.5 Å². The molecule has 0 atom stereocenters. The van der Waals surface area contributed by atoms with Gasteiger partial charge in [0.2, 0.25) is 0 Å². The number of piperazine rings is 1. The SMILES string of the molecule is CCOC(=O)C(C)(C)n1ccc2cc(SCc3nn(-c4ccc(C(F)(F)F)cc4)nc3CN3CCN(c4ccc(OC)cc4)CC3)ccc21. The average Bonchev–Trinajstić information content (AvgIpc) is 3.72. The molecule has 1 saturated heterocycles. The van der Waals surface area contributed by atoms with Crippen LogP contribution < -0.4 is 9.64 Å². The second-order valence-electron chi connectivity index (χ2n) is 12.4. The Balaban J connectivity index is 1.20. The number of halogens is 3. The zero-order chi connectivity index (χ0) is 34.8. The lowest BCUT2D eigenvalue weighted by Crippen LogP contribution is -2.46. The van der Waals surface area contributed by atoms with Crippen molar-refractivity contribution in [2.75, 3.05) is 44.8 Å². The van der Waals surface area contributed by atoms with Crippen LogP contribution in [0.5, 0.6) is 5.75 Å². The fraction of sp³-hybridized carbons (Fsp3) is 0.361. The Morgan fingerprint density at radius 3 is 2.20 bits per heavy atom. The van der Waals surface area contributed by atoms with E-state index in [0.29, 0.717) is 24.6 Å². The largest absolute Gasteiger partial charge is 0.497 e. The molecule has 0 spiro atoms. The van der Waals surface area contributed by atoms with Gasteiger partial charge in [0.05, 0.1) is 30.7 Å². The molecule has 3 aromatic carbocycles. The number of nitrogens with zero attached hydrogens (tertiary/aromatic N) is 6. The maximum Gasteiger partial charge on any atom is 0.416 e. The molecular weight excluding hydrogens is 653 g/mol. The summed E-state index contributed by atoms with van der Waals surface area (Å²) in [7, 11) is 1.65. The van der Waals surface area contributed by atoms with E-state index in [-0.39, 0.29) is 5.97 Å². The van der Waals surface area contributed by atoms with Crippen molar-refractivity contribution in [3.8, 4) is 11.4 Å². The highest BCUT2D eigenvalue weighted by Gasteiger charge is 2.32. The van der Waals surface area contributed by atoms with Crippen molar-refractivity contribution in [2.45, 2.75) is 49.7 Å². The number of esters is 1. The highest BCUT2D eigenvalue weighted by Crippen LogP contribution is 2.32. The van der Waals surface area contributed by atoms with Crippen molar-refractivity contribution in [1.29, 1.82) is 0 Å². The molecule has 13 heteroatoms. The number of fused-ring (bicyclic) bond motifs is 1. The molecule has 6 rings (SSSR count). The van der Waals surface area contributed by atoms with E-state index in [1.807, 2.05) is 54.9 Å². The number of benzene rings is 3. The number of methoxy groups -OCH3 is 1. The summed E-state index contributed by atoms with van der Waals surface area (Å²) >= 11 is 1.61. The highest BCUT2D eigenvalue weighted by atomic mass is 32.2. The standard InChI is InChI=1S/C36H39F3N6O3S/c1-5-48-34(46)35(2,3)44-17-16-25-22-30(14-15-33(25)44)49-24-32-31(40-45(41-32)28-8-6-26(7-9-28)36(37,38)39)23-42-18-20-43(21-19-42)27-10-12-29(47-4)13-11-27/h6-17,22H,5,18-21,23-24H2,1-4H3. The van der Waals surface area contributed by atoms with E-state index in [9.17, 15) is 18.0 Å². The molecule has 258 valence electrons. The summed E-state index contributed by atoms with van der Waals surface area (Å²) < 4.78 is 52.2. The van der Waals surface area contributed by atoms with E-state index in [0.717, 1.165) is 76.9 Å². The molecule has 0 bridgehead atoms. The Labute approximate surface area is 287 Å². The van der Waals surface area contributed by atoms with Crippen LogP contribution in [0.25, 0.3) is 16.6 Å². The molecule has 49 heavy (non-hydrogen) atoms. The third-order valence-electron chi connectivity index (χ3n) is 8.79. The van der Waals surface area contributed by atoms with Gasteiger partial charge in [0.25, 0.3) is 0 Å². The number of carbonyl (C=O) groups is 1. The van der Waals surface area contributed by atoms with Gasteiger partial charge in [-0.3, -0.25) is 4.90 Å². The number of hydrogen-bond acceptors (Lipinski definition) is 8. The van der Waals surface area contributed by atoms with Crippen molar-refractivity contribution >= 4 is 34.3 Å². The van der Waals surface area contributed by atoms with Crippen LogP contribution in [0.15, 0.2) is 83.9 Å². The molecule has 3 heterocycles. The van der Waals surface area contributed by atoms with Gasteiger partial charge in [-0.2, -0.15) is 28.2 Å². The lowest BCUT2D eigenvalue weighted by Gasteiger charge is -2.35. The summed E-state index contributed by atoms with van der Waals surface area (Å²) in [5.74, 6) is 1.04. The number of thioether (sulfide) groups is 1. The van der Waals surface area contributed by atoms with Crippen molar-refractivity contribution in [1.82, 2.24) is 24.5 Å². The fourth-order valence-electron chi connectivity index (χ4n) is 5.93. The number of anilines is 1. The summed E-state index contributed by atoms with van der Waals surface area (Å²) in [6, 6.07) is 21.0. The minimum atomic E-state index is -4.42. The Morgan fingerprint density at radius 2 is 1.55 bits per heavy atom. The predicted molar refractivity (Wildman–Crippen MR) is 184 cm³/mol. The molecule has 0 aliphatic carbocycles.